The smallest absolute Gasteiger partial charge is 0.239 e. The third-order valence-electron chi connectivity index (χ3n) is 5.92. The second kappa shape index (κ2) is 7.83. The molecule has 0 bridgehead atoms. The molecule has 3 saturated heterocycles. The Labute approximate surface area is 145 Å². The van der Waals surface area contributed by atoms with Gasteiger partial charge in [-0.2, -0.15) is 0 Å². The van der Waals surface area contributed by atoms with Gasteiger partial charge in [-0.3, -0.25) is 14.5 Å². The van der Waals surface area contributed by atoms with Crippen LogP contribution in [0.1, 0.15) is 39.5 Å². The molecule has 6 nitrogen and oxygen atoms in total. The van der Waals surface area contributed by atoms with Crippen LogP contribution in [0.4, 0.5) is 0 Å². The molecule has 1 N–H and O–H groups in total. The molecule has 3 atom stereocenters. The Bertz CT molecular complexity index is 456. The molecular formula is C18H32N4O2. The average molecular weight is 336 g/mol. The number of carbonyl (C=O) groups is 2. The number of hydrogen-bond donors (Lipinski definition) is 1. The number of piperazine rings is 1. The van der Waals surface area contributed by atoms with Gasteiger partial charge in [-0.05, 0) is 46.1 Å². The Morgan fingerprint density at radius 1 is 1.00 bits per heavy atom. The molecule has 3 aliphatic heterocycles. The SMILES string of the molecule is CC(C(=O)N1CCCC1)N1CCN(C(=O)[C@H]2CCN[C@@H](C)C2)CC1. The zero-order valence-corrected chi connectivity index (χ0v) is 15.2. The number of amides is 2. The molecule has 136 valence electrons. The molecule has 2 amide bonds. The van der Waals surface area contributed by atoms with Crippen LogP contribution in [0.25, 0.3) is 0 Å². The fourth-order valence-corrected chi connectivity index (χ4v) is 4.30. The van der Waals surface area contributed by atoms with Gasteiger partial charge in [-0.15, -0.1) is 0 Å². The molecular weight excluding hydrogens is 304 g/mol. The van der Waals surface area contributed by atoms with Gasteiger partial charge in [-0.1, -0.05) is 0 Å². The second-order valence-corrected chi connectivity index (χ2v) is 7.65. The fourth-order valence-electron chi connectivity index (χ4n) is 4.30. The summed E-state index contributed by atoms with van der Waals surface area (Å²) < 4.78 is 0. The summed E-state index contributed by atoms with van der Waals surface area (Å²) in [5.41, 5.74) is 0. The lowest BCUT2D eigenvalue weighted by atomic mass is 9.92. The van der Waals surface area contributed by atoms with Crippen molar-refractivity contribution in [3.05, 3.63) is 0 Å². The monoisotopic (exact) mass is 336 g/mol. The molecule has 0 spiro atoms. The number of likely N-dealkylation sites (tertiary alicyclic amines) is 1. The predicted octanol–water partition coefficient (Wildman–Crippen LogP) is 0.530. The first-order chi connectivity index (χ1) is 11.6. The number of carbonyl (C=O) groups excluding carboxylic acids is 2. The maximum atomic E-state index is 12.7. The van der Waals surface area contributed by atoms with E-state index in [1.807, 2.05) is 16.7 Å². The van der Waals surface area contributed by atoms with Gasteiger partial charge in [0.05, 0.1) is 6.04 Å². The number of nitrogens with zero attached hydrogens (tertiary/aromatic N) is 3. The van der Waals surface area contributed by atoms with E-state index in [2.05, 4.69) is 17.1 Å². The normalized spacial score (nSPS) is 30.4. The molecule has 0 saturated carbocycles. The Morgan fingerprint density at radius 3 is 2.29 bits per heavy atom. The molecule has 0 radical (unpaired) electrons. The van der Waals surface area contributed by atoms with E-state index in [4.69, 9.17) is 0 Å². The van der Waals surface area contributed by atoms with Crippen molar-refractivity contribution >= 4 is 11.8 Å². The van der Waals surface area contributed by atoms with Gasteiger partial charge in [-0.25, -0.2) is 0 Å². The maximum absolute atomic E-state index is 12.7. The van der Waals surface area contributed by atoms with Crippen LogP contribution in [0.5, 0.6) is 0 Å². The van der Waals surface area contributed by atoms with Crippen molar-refractivity contribution < 1.29 is 9.59 Å². The summed E-state index contributed by atoms with van der Waals surface area (Å²) in [7, 11) is 0. The van der Waals surface area contributed by atoms with Crippen molar-refractivity contribution in [3.63, 3.8) is 0 Å². The van der Waals surface area contributed by atoms with E-state index >= 15 is 0 Å². The number of piperidine rings is 1. The van der Waals surface area contributed by atoms with Crippen LogP contribution in [-0.4, -0.2) is 84.4 Å². The Kier molecular flexibility index (Phi) is 5.76. The van der Waals surface area contributed by atoms with E-state index in [0.717, 1.165) is 71.5 Å². The summed E-state index contributed by atoms with van der Waals surface area (Å²) in [5, 5.41) is 3.41. The van der Waals surface area contributed by atoms with Gasteiger partial charge < -0.3 is 15.1 Å². The third-order valence-corrected chi connectivity index (χ3v) is 5.92. The minimum absolute atomic E-state index is 0.0562. The Balaban J connectivity index is 1.48. The molecule has 1 unspecified atom stereocenters. The quantitative estimate of drug-likeness (QED) is 0.817. The first-order valence-corrected chi connectivity index (χ1v) is 9.61. The minimum atomic E-state index is -0.0562. The van der Waals surface area contributed by atoms with Crippen LogP contribution in [-0.2, 0) is 9.59 Å². The van der Waals surface area contributed by atoms with Gasteiger partial charge in [0.2, 0.25) is 11.8 Å². The third kappa shape index (κ3) is 3.91. The molecule has 24 heavy (non-hydrogen) atoms. The lowest BCUT2D eigenvalue weighted by molar-refractivity contribution is -0.140. The molecule has 0 aromatic rings. The molecule has 0 aromatic carbocycles. The molecule has 6 heteroatoms. The van der Waals surface area contributed by atoms with Gasteiger partial charge in [0.1, 0.15) is 0 Å². The van der Waals surface area contributed by atoms with Crippen molar-refractivity contribution in [2.45, 2.75) is 51.6 Å². The summed E-state index contributed by atoms with van der Waals surface area (Å²) in [4.78, 5) is 31.5. The first kappa shape index (κ1) is 17.7. The highest BCUT2D eigenvalue weighted by atomic mass is 16.2. The van der Waals surface area contributed by atoms with Crippen LogP contribution < -0.4 is 5.32 Å². The number of hydrogen-bond acceptors (Lipinski definition) is 4. The second-order valence-electron chi connectivity index (χ2n) is 7.65. The highest BCUT2D eigenvalue weighted by Crippen LogP contribution is 2.20. The summed E-state index contributed by atoms with van der Waals surface area (Å²) >= 11 is 0. The van der Waals surface area contributed by atoms with Crippen molar-refractivity contribution in [1.29, 1.82) is 0 Å². The van der Waals surface area contributed by atoms with Crippen LogP contribution in [0.15, 0.2) is 0 Å². The fraction of sp³-hybridized carbons (Fsp3) is 0.889. The van der Waals surface area contributed by atoms with Crippen molar-refractivity contribution in [2.75, 3.05) is 45.8 Å². The average Bonchev–Trinajstić information content (AvgIpc) is 3.14. The van der Waals surface area contributed by atoms with Crippen LogP contribution >= 0.6 is 0 Å². The van der Waals surface area contributed by atoms with Crippen molar-refractivity contribution in [3.8, 4) is 0 Å². The summed E-state index contributed by atoms with van der Waals surface area (Å²) in [6.07, 6.45) is 4.17. The van der Waals surface area contributed by atoms with Crippen LogP contribution in [0.2, 0.25) is 0 Å². The highest BCUT2D eigenvalue weighted by molar-refractivity contribution is 5.82. The zero-order valence-electron chi connectivity index (χ0n) is 15.2. The molecule has 0 aliphatic carbocycles. The van der Waals surface area contributed by atoms with Crippen molar-refractivity contribution in [1.82, 2.24) is 20.0 Å². The lowest BCUT2D eigenvalue weighted by Crippen LogP contribution is -2.56. The largest absolute Gasteiger partial charge is 0.341 e. The molecule has 3 heterocycles. The van der Waals surface area contributed by atoms with E-state index in [9.17, 15) is 9.59 Å². The van der Waals surface area contributed by atoms with E-state index in [0.29, 0.717) is 11.9 Å². The number of nitrogens with one attached hydrogen (secondary N) is 1. The minimum Gasteiger partial charge on any atom is -0.341 e. The maximum Gasteiger partial charge on any atom is 0.239 e. The molecule has 0 aromatic heterocycles. The van der Waals surface area contributed by atoms with E-state index in [1.54, 1.807) is 0 Å². The van der Waals surface area contributed by atoms with E-state index in [-0.39, 0.29) is 17.9 Å². The van der Waals surface area contributed by atoms with E-state index < -0.39 is 0 Å². The first-order valence-electron chi connectivity index (χ1n) is 9.61. The van der Waals surface area contributed by atoms with Gasteiger partial charge in [0.25, 0.3) is 0 Å². The van der Waals surface area contributed by atoms with Gasteiger partial charge >= 0.3 is 0 Å². The zero-order chi connectivity index (χ0) is 17.1. The standard InChI is InChI=1S/C18H32N4O2/c1-14-13-16(5-6-19-14)18(24)22-11-9-20(10-12-22)15(2)17(23)21-7-3-4-8-21/h14-16,19H,3-13H2,1-2H3/t14-,15?,16-/m0/s1. The summed E-state index contributed by atoms with van der Waals surface area (Å²) in [5.74, 6) is 0.762. The van der Waals surface area contributed by atoms with Gasteiger partial charge in [0.15, 0.2) is 0 Å². The van der Waals surface area contributed by atoms with Crippen LogP contribution in [0.3, 0.4) is 0 Å². The highest BCUT2D eigenvalue weighted by Gasteiger charge is 2.33. The molecule has 3 aliphatic rings. The van der Waals surface area contributed by atoms with Gasteiger partial charge in [0, 0.05) is 51.2 Å². The summed E-state index contributed by atoms with van der Waals surface area (Å²) in [6, 6.07) is 0.381. The number of rotatable bonds is 3. The Morgan fingerprint density at radius 2 is 1.67 bits per heavy atom. The topological polar surface area (TPSA) is 55.9 Å². The lowest BCUT2D eigenvalue weighted by Gasteiger charge is -2.40. The van der Waals surface area contributed by atoms with E-state index in [1.165, 1.54) is 0 Å². The molecule has 3 fully saturated rings. The predicted molar refractivity (Wildman–Crippen MR) is 93.6 cm³/mol. The molecule has 3 rings (SSSR count). The van der Waals surface area contributed by atoms with Crippen LogP contribution in [0, 0.1) is 5.92 Å². The van der Waals surface area contributed by atoms with Crippen molar-refractivity contribution in [2.24, 2.45) is 5.92 Å². The summed E-state index contributed by atoms with van der Waals surface area (Å²) in [6.45, 7) is 10.1. The Hall–Kier alpha value is -1.14.